The first-order valence-corrected chi connectivity index (χ1v) is 7.97. The van der Waals surface area contributed by atoms with E-state index in [1.807, 2.05) is 20.8 Å². The minimum Gasteiger partial charge on any atom is -0.478 e. The molecule has 1 aliphatic heterocycles. The van der Waals surface area contributed by atoms with Crippen LogP contribution in [0.5, 0.6) is 0 Å². The molecule has 8 heteroatoms. The van der Waals surface area contributed by atoms with Gasteiger partial charge in [-0.3, -0.25) is 5.10 Å². The van der Waals surface area contributed by atoms with E-state index in [0.717, 1.165) is 12.6 Å². The second kappa shape index (κ2) is 5.17. The highest BCUT2D eigenvalue weighted by Crippen LogP contribution is 2.31. The number of nitrogens with zero attached hydrogens (tertiary/aromatic N) is 2. The second-order valence-electron chi connectivity index (χ2n) is 5.55. The van der Waals surface area contributed by atoms with Crippen molar-refractivity contribution in [3.8, 4) is 0 Å². The summed E-state index contributed by atoms with van der Waals surface area (Å²) < 4.78 is 26.7. The van der Waals surface area contributed by atoms with E-state index in [1.54, 1.807) is 0 Å². The van der Waals surface area contributed by atoms with Crippen LogP contribution >= 0.6 is 0 Å². The Morgan fingerprint density at radius 2 is 2.10 bits per heavy atom. The smallest absolute Gasteiger partial charge is 0.340 e. The van der Waals surface area contributed by atoms with Crippen LogP contribution in [0.3, 0.4) is 0 Å². The van der Waals surface area contributed by atoms with E-state index in [-0.39, 0.29) is 28.5 Å². The minimum absolute atomic E-state index is 0.166. The predicted octanol–water partition coefficient (Wildman–Crippen LogP) is 1.16. The van der Waals surface area contributed by atoms with Gasteiger partial charge in [-0.2, -0.15) is 9.40 Å². The lowest BCUT2D eigenvalue weighted by molar-refractivity contribution is 0.0692. The molecule has 0 radical (unpaired) electrons. The number of aromatic nitrogens is 2. The van der Waals surface area contributed by atoms with Crippen LogP contribution in [-0.4, -0.2) is 46.6 Å². The quantitative estimate of drug-likeness (QED) is 0.872. The summed E-state index contributed by atoms with van der Waals surface area (Å²) in [5.74, 6) is -0.833. The highest BCUT2D eigenvalue weighted by molar-refractivity contribution is 7.89. The summed E-state index contributed by atoms with van der Waals surface area (Å²) in [4.78, 5) is 11.1. The number of carbonyl (C=O) groups is 1. The van der Waals surface area contributed by atoms with Crippen molar-refractivity contribution in [2.24, 2.45) is 11.8 Å². The van der Waals surface area contributed by atoms with Crippen molar-refractivity contribution >= 4 is 16.0 Å². The molecule has 0 amide bonds. The fraction of sp³-hybridized carbons (Fsp3) is 0.667. The van der Waals surface area contributed by atoms with Crippen LogP contribution in [0.15, 0.2) is 11.2 Å². The van der Waals surface area contributed by atoms with Crippen molar-refractivity contribution in [2.45, 2.75) is 38.3 Å². The first-order chi connectivity index (χ1) is 9.25. The fourth-order valence-corrected chi connectivity index (χ4v) is 4.64. The lowest BCUT2D eigenvalue weighted by Crippen LogP contribution is -2.49. The Morgan fingerprint density at radius 1 is 1.45 bits per heavy atom. The molecule has 1 fully saturated rings. The van der Waals surface area contributed by atoms with Crippen LogP contribution < -0.4 is 0 Å². The number of H-pyrrole nitrogens is 1. The molecule has 1 aliphatic rings. The normalized spacial score (nSPS) is 28.4. The van der Waals surface area contributed by atoms with E-state index in [9.17, 15) is 13.2 Å². The van der Waals surface area contributed by atoms with Crippen molar-refractivity contribution in [1.82, 2.24) is 14.5 Å². The first-order valence-electron chi connectivity index (χ1n) is 6.53. The Kier molecular flexibility index (Phi) is 3.88. The fourth-order valence-electron chi connectivity index (χ4n) is 2.72. The lowest BCUT2D eigenvalue weighted by atomic mass is 9.88. The van der Waals surface area contributed by atoms with Gasteiger partial charge in [0.05, 0.1) is 6.20 Å². The zero-order chi connectivity index (χ0) is 15.1. The number of hydrogen-bond donors (Lipinski definition) is 2. The molecule has 2 heterocycles. The van der Waals surface area contributed by atoms with Gasteiger partial charge < -0.3 is 5.11 Å². The Bertz CT molecular complexity index is 610. The monoisotopic (exact) mass is 301 g/mol. The number of carboxylic acid groups (broad SMARTS) is 1. The van der Waals surface area contributed by atoms with Gasteiger partial charge in [0, 0.05) is 12.6 Å². The third-order valence-corrected chi connectivity index (χ3v) is 5.87. The molecular weight excluding hydrogens is 282 g/mol. The van der Waals surface area contributed by atoms with Crippen LogP contribution in [0.2, 0.25) is 0 Å². The van der Waals surface area contributed by atoms with E-state index in [4.69, 9.17) is 5.11 Å². The molecule has 112 valence electrons. The van der Waals surface area contributed by atoms with Gasteiger partial charge in [-0.05, 0) is 25.2 Å². The summed E-state index contributed by atoms with van der Waals surface area (Å²) in [6.07, 6.45) is 1.98. The van der Waals surface area contributed by atoms with Crippen LogP contribution in [0.25, 0.3) is 0 Å². The summed E-state index contributed by atoms with van der Waals surface area (Å²) in [7, 11) is -3.87. The van der Waals surface area contributed by atoms with Gasteiger partial charge in [-0.15, -0.1) is 0 Å². The Labute approximate surface area is 118 Å². The number of piperidine rings is 1. The largest absolute Gasteiger partial charge is 0.478 e. The number of sulfonamides is 1. The summed E-state index contributed by atoms with van der Waals surface area (Å²) in [5, 5.41) is 14.6. The summed E-state index contributed by atoms with van der Waals surface area (Å²) in [5.41, 5.74) is -0.317. The van der Waals surface area contributed by atoms with Gasteiger partial charge >= 0.3 is 5.97 Å². The maximum Gasteiger partial charge on any atom is 0.340 e. The Morgan fingerprint density at radius 3 is 2.70 bits per heavy atom. The van der Waals surface area contributed by atoms with E-state index in [0.29, 0.717) is 6.54 Å². The molecule has 1 aromatic rings. The van der Waals surface area contributed by atoms with Gasteiger partial charge in [-0.1, -0.05) is 13.8 Å². The van der Waals surface area contributed by atoms with Gasteiger partial charge in [0.15, 0.2) is 5.03 Å². The molecule has 2 N–H and O–H groups in total. The van der Waals surface area contributed by atoms with Gasteiger partial charge in [0.25, 0.3) is 10.0 Å². The SMILES string of the molecule is CC1CC(C)C(C)N(S(=O)(=O)c2[nH]ncc2C(=O)O)C1. The minimum atomic E-state index is -3.87. The van der Waals surface area contributed by atoms with E-state index < -0.39 is 16.0 Å². The lowest BCUT2D eigenvalue weighted by Gasteiger charge is -2.39. The van der Waals surface area contributed by atoms with Crippen molar-refractivity contribution in [1.29, 1.82) is 0 Å². The zero-order valence-electron chi connectivity index (χ0n) is 11.7. The van der Waals surface area contributed by atoms with E-state index in [2.05, 4.69) is 10.2 Å². The first kappa shape index (κ1) is 15.0. The van der Waals surface area contributed by atoms with E-state index >= 15 is 0 Å². The number of nitrogens with one attached hydrogen (secondary N) is 1. The molecule has 0 saturated carbocycles. The summed E-state index contributed by atoms with van der Waals surface area (Å²) in [6, 6.07) is -0.166. The Hall–Kier alpha value is -1.41. The van der Waals surface area contributed by atoms with Gasteiger partial charge in [0.1, 0.15) is 5.56 Å². The molecule has 0 aromatic carbocycles. The second-order valence-corrected chi connectivity index (χ2v) is 7.38. The molecule has 3 unspecified atom stereocenters. The average Bonchev–Trinajstić information content (AvgIpc) is 2.83. The zero-order valence-corrected chi connectivity index (χ0v) is 12.5. The van der Waals surface area contributed by atoms with Gasteiger partial charge in [0.2, 0.25) is 0 Å². The molecule has 3 atom stereocenters. The summed E-state index contributed by atoms with van der Waals surface area (Å²) >= 11 is 0. The molecule has 1 saturated heterocycles. The molecular formula is C12H19N3O4S. The number of rotatable bonds is 3. The van der Waals surface area contributed by atoms with E-state index in [1.165, 1.54) is 4.31 Å². The molecule has 1 aromatic heterocycles. The van der Waals surface area contributed by atoms with Crippen molar-refractivity contribution < 1.29 is 18.3 Å². The van der Waals surface area contributed by atoms with Crippen LogP contribution in [0.1, 0.15) is 37.6 Å². The van der Waals surface area contributed by atoms with Crippen molar-refractivity contribution in [3.63, 3.8) is 0 Å². The maximum absolute atomic E-state index is 12.7. The van der Waals surface area contributed by atoms with Gasteiger partial charge in [-0.25, -0.2) is 13.2 Å². The van der Waals surface area contributed by atoms with Crippen LogP contribution in [0, 0.1) is 11.8 Å². The molecule has 0 spiro atoms. The third-order valence-electron chi connectivity index (χ3n) is 3.95. The standard InChI is InChI=1S/C12H19N3O4S/c1-7-4-8(2)9(3)15(6-7)20(18,19)11-10(12(16)17)5-13-14-11/h5,7-9H,4,6H2,1-3H3,(H,13,14)(H,16,17). The molecule has 2 rings (SSSR count). The molecule has 20 heavy (non-hydrogen) atoms. The molecule has 0 aliphatic carbocycles. The maximum atomic E-state index is 12.7. The Balaban J connectivity index is 2.44. The molecule has 0 bridgehead atoms. The van der Waals surface area contributed by atoms with Crippen LogP contribution in [-0.2, 0) is 10.0 Å². The number of aromatic amines is 1. The third kappa shape index (κ3) is 2.45. The van der Waals surface area contributed by atoms with Crippen molar-refractivity contribution in [2.75, 3.05) is 6.54 Å². The highest BCUT2D eigenvalue weighted by atomic mass is 32.2. The number of carboxylic acids is 1. The van der Waals surface area contributed by atoms with Crippen molar-refractivity contribution in [3.05, 3.63) is 11.8 Å². The summed E-state index contributed by atoms with van der Waals surface area (Å²) in [6.45, 7) is 6.25. The average molecular weight is 301 g/mol. The number of aromatic carboxylic acids is 1. The topological polar surface area (TPSA) is 103 Å². The number of hydrogen-bond acceptors (Lipinski definition) is 4. The van der Waals surface area contributed by atoms with Crippen LogP contribution in [0.4, 0.5) is 0 Å². The highest BCUT2D eigenvalue weighted by Gasteiger charge is 2.39. The molecule has 7 nitrogen and oxygen atoms in total. The predicted molar refractivity (Wildman–Crippen MR) is 71.8 cm³/mol.